The van der Waals surface area contributed by atoms with E-state index < -0.39 is 24.5 Å². The van der Waals surface area contributed by atoms with Gasteiger partial charge in [-0.05, 0) is 42.7 Å². The average molecular weight is 453 g/mol. The number of ether oxygens (including phenoxy) is 3. The van der Waals surface area contributed by atoms with Gasteiger partial charge < -0.3 is 25.3 Å². The normalized spacial score (nSPS) is 12.9. The molecule has 3 rings (SSSR count). The molecule has 0 saturated heterocycles. The van der Waals surface area contributed by atoms with Gasteiger partial charge in [-0.2, -0.15) is 0 Å². The lowest BCUT2D eigenvalue weighted by molar-refractivity contribution is -0.119. The quantitative estimate of drug-likeness (QED) is 0.461. The van der Waals surface area contributed by atoms with Crippen LogP contribution < -0.4 is 15.8 Å². The van der Waals surface area contributed by atoms with Gasteiger partial charge in [-0.1, -0.05) is 11.6 Å². The molecule has 0 bridgehead atoms. The van der Waals surface area contributed by atoms with E-state index in [0.29, 0.717) is 16.5 Å². The second-order valence-corrected chi connectivity index (χ2v) is 7.88. The summed E-state index contributed by atoms with van der Waals surface area (Å²) in [5.41, 5.74) is 7.24. The molecule has 1 heterocycles. The Bertz CT molecular complexity index is 986. The summed E-state index contributed by atoms with van der Waals surface area (Å²) in [7, 11) is 1.37. The first-order valence-corrected chi connectivity index (χ1v) is 10.5. The van der Waals surface area contributed by atoms with Crippen LogP contribution in [-0.4, -0.2) is 38.2 Å². The highest BCUT2D eigenvalue weighted by Gasteiger charge is 2.32. The molecule has 1 aromatic carbocycles. The molecule has 0 radical (unpaired) electrons. The van der Waals surface area contributed by atoms with E-state index in [1.54, 1.807) is 6.92 Å². The van der Waals surface area contributed by atoms with Crippen molar-refractivity contribution in [3.8, 4) is 5.75 Å². The van der Waals surface area contributed by atoms with Crippen LogP contribution in [0.25, 0.3) is 0 Å². The van der Waals surface area contributed by atoms with Crippen LogP contribution in [0.3, 0.4) is 0 Å². The van der Waals surface area contributed by atoms with Gasteiger partial charge in [-0.3, -0.25) is 4.79 Å². The molecule has 160 valence electrons. The van der Waals surface area contributed by atoms with Gasteiger partial charge in [0.05, 0.1) is 30.0 Å². The first kappa shape index (κ1) is 21.9. The topological polar surface area (TPSA) is 117 Å². The molecule has 0 unspecified atom stereocenters. The van der Waals surface area contributed by atoms with Crippen molar-refractivity contribution in [2.24, 2.45) is 0 Å². The Morgan fingerprint density at radius 3 is 2.60 bits per heavy atom. The van der Waals surface area contributed by atoms with Crippen LogP contribution in [0.1, 0.15) is 52.0 Å². The molecular formula is C20H21ClN2O6S. The Hall–Kier alpha value is -2.78. The van der Waals surface area contributed by atoms with Crippen LogP contribution in [0.4, 0.5) is 10.7 Å². The fourth-order valence-electron chi connectivity index (χ4n) is 2.84. The number of nitrogen functional groups attached to an aromatic ring is 1. The molecule has 1 aliphatic carbocycles. The number of methoxy groups -OCH3 is 1. The lowest BCUT2D eigenvalue weighted by Crippen LogP contribution is -2.22. The summed E-state index contributed by atoms with van der Waals surface area (Å²) in [6, 6.07) is 2.71. The zero-order valence-corrected chi connectivity index (χ0v) is 18.0. The number of hydrogen-bond acceptors (Lipinski definition) is 8. The molecule has 0 aliphatic heterocycles. The van der Waals surface area contributed by atoms with Crippen molar-refractivity contribution in [3.63, 3.8) is 0 Å². The van der Waals surface area contributed by atoms with Crippen LogP contribution in [0, 0.1) is 0 Å². The van der Waals surface area contributed by atoms with Crippen LogP contribution in [0.5, 0.6) is 5.75 Å². The number of nitrogens with one attached hydrogen (secondary N) is 1. The van der Waals surface area contributed by atoms with E-state index in [0.717, 1.165) is 18.4 Å². The lowest BCUT2D eigenvalue weighted by atomic mass is 10.1. The van der Waals surface area contributed by atoms with Crippen molar-refractivity contribution in [1.82, 2.24) is 0 Å². The number of benzene rings is 1. The standard InChI is InChI=1S/C20H21ClN2O6S/c1-3-28-20(26)17-12(10-4-5-10)9-30-18(17)23-16(24)8-29-19(25)11-6-13(21)14(22)7-15(11)27-2/h6-7,9-10H,3-5,8,22H2,1-2H3,(H,23,24). The summed E-state index contributed by atoms with van der Waals surface area (Å²) in [6.07, 6.45) is 2.00. The van der Waals surface area contributed by atoms with Crippen molar-refractivity contribution in [2.75, 3.05) is 31.4 Å². The van der Waals surface area contributed by atoms with E-state index in [1.165, 1.54) is 30.6 Å². The number of thiophene rings is 1. The monoisotopic (exact) mass is 452 g/mol. The molecule has 0 atom stereocenters. The van der Waals surface area contributed by atoms with Crippen LogP contribution in [0.2, 0.25) is 5.02 Å². The maximum absolute atomic E-state index is 12.4. The summed E-state index contributed by atoms with van der Waals surface area (Å²) < 4.78 is 15.3. The lowest BCUT2D eigenvalue weighted by Gasteiger charge is -2.11. The molecule has 8 nitrogen and oxygen atoms in total. The Labute approximate surface area is 182 Å². The molecule has 30 heavy (non-hydrogen) atoms. The average Bonchev–Trinajstić information content (AvgIpc) is 3.48. The summed E-state index contributed by atoms with van der Waals surface area (Å²) in [4.78, 5) is 37.0. The van der Waals surface area contributed by atoms with Crippen molar-refractivity contribution in [3.05, 3.63) is 39.2 Å². The highest BCUT2D eigenvalue weighted by atomic mass is 35.5. The highest BCUT2D eigenvalue weighted by molar-refractivity contribution is 7.15. The maximum Gasteiger partial charge on any atom is 0.342 e. The first-order valence-electron chi connectivity index (χ1n) is 9.24. The van der Waals surface area contributed by atoms with E-state index >= 15 is 0 Å². The zero-order chi connectivity index (χ0) is 21.8. The Balaban J connectivity index is 1.68. The van der Waals surface area contributed by atoms with Gasteiger partial charge in [-0.25, -0.2) is 9.59 Å². The van der Waals surface area contributed by atoms with Crippen LogP contribution in [0.15, 0.2) is 17.5 Å². The third-order valence-electron chi connectivity index (χ3n) is 4.44. The number of esters is 2. The number of hydrogen-bond donors (Lipinski definition) is 2. The van der Waals surface area contributed by atoms with Gasteiger partial charge in [0.1, 0.15) is 16.3 Å². The molecule has 1 amide bonds. The number of carbonyl (C=O) groups is 3. The predicted octanol–water partition coefficient (Wildman–Crippen LogP) is 3.84. The molecule has 2 aromatic rings. The number of rotatable bonds is 8. The number of halogens is 1. The highest BCUT2D eigenvalue weighted by Crippen LogP contribution is 2.46. The second kappa shape index (κ2) is 9.36. The van der Waals surface area contributed by atoms with E-state index in [2.05, 4.69) is 5.32 Å². The second-order valence-electron chi connectivity index (χ2n) is 6.59. The van der Waals surface area contributed by atoms with Crippen LogP contribution in [-0.2, 0) is 14.3 Å². The number of carbonyl (C=O) groups excluding carboxylic acids is 3. The number of nitrogens with two attached hydrogens (primary N) is 1. The van der Waals surface area contributed by atoms with Gasteiger partial charge in [-0.15, -0.1) is 11.3 Å². The van der Waals surface area contributed by atoms with E-state index in [4.69, 9.17) is 31.5 Å². The minimum atomic E-state index is -0.792. The molecule has 1 aliphatic rings. The molecule has 1 saturated carbocycles. The Morgan fingerprint density at radius 2 is 1.97 bits per heavy atom. The predicted molar refractivity (Wildman–Crippen MR) is 114 cm³/mol. The van der Waals surface area contributed by atoms with Gasteiger partial charge >= 0.3 is 11.9 Å². The third kappa shape index (κ3) is 4.85. The minimum Gasteiger partial charge on any atom is -0.496 e. The summed E-state index contributed by atoms with van der Waals surface area (Å²) in [5.74, 6) is -1.36. The SMILES string of the molecule is CCOC(=O)c1c(C2CC2)csc1NC(=O)COC(=O)c1cc(Cl)c(N)cc1OC. The molecule has 10 heteroatoms. The number of amides is 1. The smallest absolute Gasteiger partial charge is 0.342 e. The van der Waals surface area contributed by atoms with Crippen molar-refractivity contribution in [1.29, 1.82) is 0 Å². The third-order valence-corrected chi connectivity index (χ3v) is 5.68. The maximum atomic E-state index is 12.4. The van der Waals surface area contributed by atoms with Crippen molar-refractivity contribution in [2.45, 2.75) is 25.7 Å². The summed E-state index contributed by atoms with van der Waals surface area (Å²) in [5, 5.41) is 5.03. The largest absolute Gasteiger partial charge is 0.496 e. The fourth-order valence-corrected chi connectivity index (χ4v) is 4.05. The Kier molecular flexibility index (Phi) is 6.84. The van der Waals surface area contributed by atoms with E-state index in [1.807, 2.05) is 5.38 Å². The van der Waals surface area contributed by atoms with Crippen LogP contribution >= 0.6 is 22.9 Å². The zero-order valence-electron chi connectivity index (χ0n) is 16.5. The summed E-state index contributed by atoms with van der Waals surface area (Å²) in [6.45, 7) is 1.40. The molecule has 0 spiro atoms. The fraction of sp³-hybridized carbons (Fsp3) is 0.350. The van der Waals surface area contributed by atoms with Gasteiger partial charge in [0, 0.05) is 6.07 Å². The van der Waals surface area contributed by atoms with Gasteiger partial charge in [0.15, 0.2) is 6.61 Å². The number of anilines is 2. The first-order chi connectivity index (χ1) is 14.3. The molecule has 1 aromatic heterocycles. The summed E-state index contributed by atoms with van der Waals surface area (Å²) >= 11 is 7.20. The minimum absolute atomic E-state index is 0.0452. The molecule has 1 fully saturated rings. The molecular weight excluding hydrogens is 432 g/mol. The van der Waals surface area contributed by atoms with Gasteiger partial charge in [0.25, 0.3) is 5.91 Å². The van der Waals surface area contributed by atoms with Gasteiger partial charge in [0.2, 0.25) is 0 Å². The van der Waals surface area contributed by atoms with E-state index in [-0.39, 0.29) is 28.6 Å². The van der Waals surface area contributed by atoms with Crippen molar-refractivity contribution >= 4 is 51.5 Å². The van der Waals surface area contributed by atoms with E-state index in [9.17, 15) is 14.4 Å². The van der Waals surface area contributed by atoms with Crippen molar-refractivity contribution < 1.29 is 28.6 Å². The molecule has 3 N–H and O–H groups in total. The Morgan fingerprint density at radius 1 is 1.23 bits per heavy atom.